The number of rotatable bonds is 2. The number of hydrogen-bond acceptors (Lipinski definition) is 5. The molecule has 0 aliphatic carbocycles. The summed E-state index contributed by atoms with van der Waals surface area (Å²) in [5.41, 5.74) is -0.173. The summed E-state index contributed by atoms with van der Waals surface area (Å²) in [6, 6.07) is 0. The molecule has 1 N–H and O–H groups in total. The summed E-state index contributed by atoms with van der Waals surface area (Å²) in [6.07, 6.45) is 1.21. The van der Waals surface area contributed by atoms with Crippen LogP contribution in [0.2, 0.25) is 0 Å². The van der Waals surface area contributed by atoms with E-state index in [4.69, 9.17) is 0 Å². The van der Waals surface area contributed by atoms with Gasteiger partial charge < -0.3 is 10.0 Å². The SMILES string of the molecule is Cc1nn(C)c(N2CCC(C)(O)CC2)c1[N+](=O)[O-]. The fourth-order valence-corrected chi connectivity index (χ4v) is 2.40. The monoisotopic (exact) mass is 254 g/mol. The second kappa shape index (κ2) is 4.24. The Hall–Kier alpha value is -1.63. The van der Waals surface area contributed by atoms with Crippen LogP contribution in [0.4, 0.5) is 11.5 Å². The van der Waals surface area contributed by atoms with Gasteiger partial charge in [0.05, 0.1) is 10.5 Å². The van der Waals surface area contributed by atoms with Gasteiger partial charge in [-0.05, 0) is 26.7 Å². The average Bonchev–Trinajstić information content (AvgIpc) is 2.54. The lowest BCUT2D eigenvalue weighted by Crippen LogP contribution is -2.43. The van der Waals surface area contributed by atoms with Gasteiger partial charge in [-0.15, -0.1) is 0 Å². The molecule has 0 spiro atoms. The summed E-state index contributed by atoms with van der Waals surface area (Å²) >= 11 is 0. The molecule has 0 atom stereocenters. The molecule has 1 aromatic heterocycles. The van der Waals surface area contributed by atoms with Crippen molar-refractivity contribution in [3.05, 3.63) is 15.8 Å². The summed E-state index contributed by atoms with van der Waals surface area (Å²) in [7, 11) is 1.71. The molecule has 0 unspecified atom stereocenters. The summed E-state index contributed by atoms with van der Waals surface area (Å²) in [5, 5.41) is 25.1. The highest BCUT2D eigenvalue weighted by atomic mass is 16.6. The Bertz CT molecular complexity index is 471. The predicted octanol–water partition coefficient (Wildman–Crippen LogP) is 0.988. The first-order valence-electron chi connectivity index (χ1n) is 5.97. The van der Waals surface area contributed by atoms with Crippen molar-refractivity contribution in [1.82, 2.24) is 9.78 Å². The van der Waals surface area contributed by atoms with E-state index >= 15 is 0 Å². The number of aryl methyl sites for hydroxylation is 2. The quantitative estimate of drug-likeness (QED) is 0.628. The molecule has 0 bridgehead atoms. The molecule has 1 aliphatic rings. The van der Waals surface area contributed by atoms with Crippen molar-refractivity contribution in [3.8, 4) is 0 Å². The van der Waals surface area contributed by atoms with Crippen molar-refractivity contribution in [3.63, 3.8) is 0 Å². The van der Waals surface area contributed by atoms with Crippen LogP contribution in [0.1, 0.15) is 25.5 Å². The molecule has 100 valence electrons. The van der Waals surface area contributed by atoms with Crippen LogP contribution < -0.4 is 4.90 Å². The van der Waals surface area contributed by atoms with E-state index in [9.17, 15) is 15.2 Å². The number of anilines is 1. The van der Waals surface area contributed by atoms with E-state index in [-0.39, 0.29) is 10.6 Å². The highest BCUT2D eigenvalue weighted by Gasteiger charge is 2.33. The lowest BCUT2D eigenvalue weighted by Gasteiger charge is -2.36. The highest BCUT2D eigenvalue weighted by Crippen LogP contribution is 2.34. The fourth-order valence-electron chi connectivity index (χ4n) is 2.40. The molecule has 7 nitrogen and oxygen atoms in total. The second-order valence-corrected chi connectivity index (χ2v) is 5.12. The highest BCUT2D eigenvalue weighted by molar-refractivity contribution is 5.61. The number of nitrogens with zero attached hydrogens (tertiary/aromatic N) is 4. The van der Waals surface area contributed by atoms with Gasteiger partial charge in [-0.2, -0.15) is 5.10 Å². The van der Waals surface area contributed by atoms with Crippen LogP contribution in [-0.2, 0) is 7.05 Å². The van der Waals surface area contributed by atoms with Crippen LogP contribution >= 0.6 is 0 Å². The number of piperidine rings is 1. The molecule has 2 rings (SSSR count). The molecule has 1 saturated heterocycles. The Kier molecular flexibility index (Phi) is 3.02. The Balaban J connectivity index is 2.32. The third-order valence-electron chi connectivity index (χ3n) is 3.48. The molecule has 0 aromatic carbocycles. The summed E-state index contributed by atoms with van der Waals surface area (Å²) < 4.78 is 1.55. The number of hydrogen-bond donors (Lipinski definition) is 1. The first kappa shape index (κ1) is 12.8. The van der Waals surface area contributed by atoms with Crippen LogP contribution in [0.5, 0.6) is 0 Å². The van der Waals surface area contributed by atoms with Crippen LogP contribution in [0.15, 0.2) is 0 Å². The summed E-state index contributed by atoms with van der Waals surface area (Å²) in [5.74, 6) is 0.535. The van der Waals surface area contributed by atoms with Gasteiger partial charge in [0.1, 0.15) is 5.69 Å². The van der Waals surface area contributed by atoms with E-state index in [1.54, 1.807) is 25.6 Å². The fraction of sp³-hybridized carbons (Fsp3) is 0.727. The first-order valence-corrected chi connectivity index (χ1v) is 5.97. The Labute approximate surface area is 105 Å². The standard InChI is InChI=1S/C11H18N4O3/c1-8-9(15(17)18)10(13(3)12-8)14-6-4-11(2,16)5-7-14/h16H,4-7H2,1-3H3. The minimum atomic E-state index is -0.668. The number of nitro groups is 1. The Morgan fingerprint density at radius 1 is 1.44 bits per heavy atom. The molecular formula is C11H18N4O3. The molecule has 18 heavy (non-hydrogen) atoms. The van der Waals surface area contributed by atoms with Crippen LogP contribution in [-0.4, -0.2) is 38.5 Å². The average molecular weight is 254 g/mol. The van der Waals surface area contributed by atoms with E-state index in [1.807, 2.05) is 4.90 Å². The minimum Gasteiger partial charge on any atom is -0.390 e. The Morgan fingerprint density at radius 3 is 2.50 bits per heavy atom. The largest absolute Gasteiger partial charge is 0.390 e. The molecule has 1 aliphatic heterocycles. The van der Waals surface area contributed by atoms with E-state index in [2.05, 4.69) is 5.10 Å². The summed E-state index contributed by atoms with van der Waals surface area (Å²) in [4.78, 5) is 12.6. The zero-order chi connectivity index (χ0) is 13.5. The minimum absolute atomic E-state index is 0.0686. The molecule has 0 amide bonds. The number of aliphatic hydroxyl groups is 1. The van der Waals surface area contributed by atoms with Gasteiger partial charge in [0.15, 0.2) is 0 Å². The second-order valence-electron chi connectivity index (χ2n) is 5.12. The van der Waals surface area contributed by atoms with Crippen molar-refractivity contribution >= 4 is 11.5 Å². The normalized spacial score (nSPS) is 19.0. The van der Waals surface area contributed by atoms with E-state index in [0.717, 1.165) is 0 Å². The summed E-state index contributed by atoms with van der Waals surface area (Å²) in [6.45, 7) is 4.65. The zero-order valence-electron chi connectivity index (χ0n) is 10.9. The Morgan fingerprint density at radius 2 is 2.00 bits per heavy atom. The van der Waals surface area contributed by atoms with Crippen LogP contribution in [0.25, 0.3) is 0 Å². The maximum Gasteiger partial charge on any atom is 0.333 e. The third-order valence-corrected chi connectivity index (χ3v) is 3.48. The lowest BCUT2D eigenvalue weighted by atomic mass is 9.94. The van der Waals surface area contributed by atoms with Gasteiger partial charge in [-0.1, -0.05) is 0 Å². The number of aromatic nitrogens is 2. The molecule has 1 fully saturated rings. The molecular weight excluding hydrogens is 236 g/mol. The first-order chi connectivity index (χ1) is 8.32. The maximum absolute atomic E-state index is 11.1. The van der Waals surface area contributed by atoms with E-state index in [1.165, 1.54) is 0 Å². The molecule has 0 saturated carbocycles. The van der Waals surface area contributed by atoms with Crippen molar-refractivity contribution in [2.24, 2.45) is 7.05 Å². The van der Waals surface area contributed by atoms with Gasteiger partial charge in [0.25, 0.3) is 0 Å². The van der Waals surface area contributed by atoms with Crippen molar-refractivity contribution < 1.29 is 10.0 Å². The molecule has 7 heteroatoms. The van der Waals surface area contributed by atoms with Crippen LogP contribution in [0, 0.1) is 17.0 Å². The van der Waals surface area contributed by atoms with Crippen molar-refractivity contribution in [2.75, 3.05) is 18.0 Å². The molecule has 1 aromatic rings. The third kappa shape index (κ3) is 2.17. The topological polar surface area (TPSA) is 84.4 Å². The van der Waals surface area contributed by atoms with Gasteiger partial charge in [-0.3, -0.25) is 10.1 Å². The van der Waals surface area contributed by atoms with Gasteiger partial charge in [-0.25, -0.2) is 4.68 Å². The van der Waals surface area contributed by atoms with Crippen molar-refractivity contribution in [2.45, 2.75) is 32.3 Å². The van der Waals surface area contributed by atoms with Crippen LogP contribution in [0.3, 0.4) is 0 Å². The predicted molar refractivity (Wildman–Crippen MR) is 66.7 cm³/mol. The van der Waals surface area contributed by atoms with Gasteiger partial charge in [0.2, 0.25) is 5.82 Å². The maximum atomic E-state index is 11.1. The smallest absolute Gasteiger partial charge is 0.333 e. The van der Waals surface area contributed by atoms with Gasteiger partial charge >= 0.3 is 5.69 Å². The lowest BCUT2D eigenvalue weighted by molar-refractivity contribution is -0.384. The van der Waals surface area contributed by atoms with Gasteiger partial charge in [0, 0.05) is 20.1 Å². The van der Waals surface area contributed by atoms with E-state index in [0.29, 0.717) is 37.4 Å². The van der Waals surface area contributed by atoms with E-state index < -0.39 is 5.60 Å². The molecule has 0 radical (unpaired) electrons. The zero-order valence-corrected chi connectivity index (χ0v) is 10.9. The molecule has 2 heterocycles. The van der Waals surface area contributed by atoms with Crippen molar-refractivity contribution in [1.29, 1.82) is 0 Å².